The molecule has 0 aliphatic carbocycles. The van der Waals surface area contributed by atoms with Gasteiger partial charge in [0.15, 0.2) is 0 Å². The molecule has 0 heterocycles. The number of nitro groups is 1. The quantitative estimate of drug-likeness (QED) is 0.587. The van der Waals surface area contributed by atoms with Crippen LogP contribution in [0, 0.1) is 16.0 Å². The number of hydrogen-bond acceptors (Lipinski definition) is 4. The van der Waals surface area contributed by atoms with E-state index >= 15 is 0 Å². The van der Waals surface area contributed by atoms with Crippen LogP contribution in [0.5, 0.6) is 0 Å². The molecule has 0 radical (unpaired) electrons. The number of benzene rings is 1. The normalized spacial score (nSPS) is 14.4. The van der Waals surface area contributed by atoms with Crippen LogP contribution in [0.2, 0.25) is 0 Å². The summed E-state index contributed by atoms with van der Waals surface area (Å²) >= 11 is 0. The van der Waals surface area contributed by atoms with Gasteiger partial charge in [0.25, 0.3) is 5.69 Å². The van der Waals surface area contributed by atoms with Crippen LogP contribution in [0.1, 0.15) is 38.8 Å². The third-order valence-corrected chi connectivity index (χ3v) is 3.31. The van der Waals surface area contributed by atoms with Gasteiger partial charge in [-0.2, -0.15) is 0 Å². The van der Waals surface area contributed by atoms with Crippen molar-refractivity contribution in [3.63, 3.8) is 0 Å². The van der Waals surface area contributed by atoms with E-state index < -0.39 is 0 Å². The van der Waals surface area contributed by atoms with Gasteiger partial charge in [0.1, 0.15) is 0 Å². The average Bonchev–Trinajstić information content (AvgIpc) is 2.39. The molecule has 5 heteroatoms. The van der Waals surface area contributed by atoms with Gasteiger partial charge in [0.05, 0.1) is 11.5 Å². The van der Waals surface area contributed by atoms with Crippen LogP contribution in [-0.4, -0.2) is 22.7 Å². The van der Waals surface area contributed by atoms with Crippen molar-refractivity contribution in [3.8, 4) is 0 Å². The van der Waals surface area contributed by atoms with Crippen molar-refractivity contribution in [1.82, 2.24) is 5.32 Å². The number of hydrogen-bond donors (Lipinski definition) is 2. The Balaban J connectivity index is 2.90. The zero-order valence-electron chi connectivity index (χ0n) is 11.7. The number of aliphatic hydroxyl groups is 1. The predicted molar refractivity (Wildman–Crippen MR) is 75.0 cm³/mol. The molecule has 19 heavy (non-hydrogen) atoms. The van der Waals surface area contributed by atoms with Crippen molar-refractivity contribution >= 4 is 5.69 Å². The van der Waals surface area contributed by atoms with Gasteiger partial charge in [0.2, 0.25) is 0 Å². The highest BCUT2D eigenvalue weighted by atomic mass is 16.6. The first-order valence-corrected chi connectivity index (χ1v) is 6.60. The van der Waals surface area contributed by atoms with E-state index in [2.05, 4.69) is 5.32 Å². The highest BCUT2D eigenvalue weighted by molar-refractivity contribution is 5.35. The van der Waals surface area contributed by atoms with Gasteiger partial charge in [-0.15, -0.1) is 0 Å². The molecule has 2 atom stereocenters. The topological polar surface area (TPSA) is 75.4 Å². The Labute approximate surface area is 113 Å². The summed E-state index contributed by atoms with van der Waals surface area (Å²) in [5, 5.41) is 23.5. The van der Waals surface area contributed by atoms with E-state index in [0.29, 0.717) is 5.92 Å². The molecule has 2 unspecified atom stereocenters. The Morgan fingerprint density at radius 1 is 1.42 bits per heavy atom. The summed E-state index contributed by atoms with van der Waals surface area (Å²) in [6.07, 6.45) is 0.810. The standard InChI is InChI=1S/C14H22N2O3/c1-4-13(15-14(9-17)10(2)3)11-6-5-7-12(8-11)16(18)19/h5-8,10,13-15,17H,4,9H2,1-3H3. The predicted octanol–water partition coefficient (Wildman–Crippen LogP) is 2.65. The van der Waals surface area contributed by atoms with Gasteiger partial charge in [0, 0.05) is 24.2 Å². The van der Waals surface area contributed by atoms with E-state index in [1.807, 2.05) is 26.8 Å². The second-order valence-corrected chi connectivity index (χ2v) is 5.01. The number of non-ortho nitro benzene ring substituents is 1. The van der Waals surface area contributed by atoms with Gasteiger partial charge in [-0.1, -0.05) is 32.9 Å². The van der Waals surface area contributed by atoms with Gasteiger partial charge >= 0.3 is 0 Å². The number of rotatable bonds is 7. The number of aliphatic hydroxyl groups excluding tert-OH is 1. The maximum atomic E-state index is 10.8. The number of nitrogens with one attached hydrogen (secondary N) is 1. The van der Waals surface area contributed by atoms with Crippen molar-refractivity contribution in [2.24, 2.45) is 5.92 Å². The van der Waals surface area contributed by atoms with Crippen molar-refractivity contribution in [2.45, 2.75) is 39.3 Å². The molecule has 0 spiro atoms. The molecule has 0 fully saturated rings. The average molecular weight is 266 g/mol. The molecule has 0 amide bonds. The molecule has 1 rings (SSSR count). The Kier molecular flexibility index (Phi) is 5.92. The zero-order valence-corrected chi connectivity index (χ0v) is 11.7. The molecule has 2 N–H and O–H groups in total. The van der Waals surface area contributed by atoms with E-state index in [4.69, 9.17) is 0 Å². The molecule has 1 aromatic rings. The molecule has 0 saturated carbocycles. The highest BCUT2D eigenvalue weighted by Crippen LogP contribution is 2.22. The van der Waals surface area contributed by atoms with Crippen molar-refractivity contribution < 1.29 is 10.0 Å². The SMILES string of the molecule is CCC(NC(CO)C(C)C)c1cccc([N+](=O)[O-])c1. The summed E-state index contributed by atoms with van der Waals surface area (Å²) in [7, 11) is 0. The Bertz CT molecular complexity index is 421. The maximum Gasteiger partial charge on any atom is 0.269 e. The third kappa shape index (κ3) is 4.29. The van der Waals surface area contributed by atoms with Crippen molar-refractivity contribution in [2.75, 3.05) is 6.61 Å². The largest absolute Gasteiger partial charge is 0.395 e. The molecule has 1 aromatic carbocycles. The van der Waals surface area contributed by atoms with Crippen LogP contribution in [0.15, 0.2) is 24.3 Å². The molecule has 5 nitrogen and oxygen atoms in total. The fraction of sp³-hybridized carbons (Fsp3) is 0.571. The summed E-state index contributed by atoms with van der Waals surface area (Å²) in [6.45, 7) is 6.15. The van der Waals surface area contributed by atoms with Crippen LogP contribution in [0.4, 0.5) is 5.69 Å². The fourth-order valence-electron chi connectivity index (χ4n) is 2.02. The first kappa shape index (κ1) is 15.6. The second-order valence-electron chi connectivity index (χ2n) is 5.01. The van der Waals surface area contributed by atoms with Gasteiger partial charge in [-0.3, -0.25) is 10.1 Å². The van der Waals surface area contributed by atoms with E-state index in [0.717, 1.165) is 12.0 Å². The Morgan fingerprint density at radius 2 is 2.11 bits per heavy atom. The minimum absolute atomic E-state index is 0.00999. The Hall–Kier alpha value is -1.46. The van der Waals surface area contributed by atoms with Crippen LogP contribution in [0.3, 0.4) is 0 Å². The van der Waals surface area contributed by atoms with E-state index in [1.165, 1.54) is 6.07 Å². The molecular formula is C14H22N2O3. The monoisotopic (exact) mass is 266 g/mol. The molecule has 0 aromatic heterocycles. The smallest absolute Gasteiger partial charge is 0.269 e. The Morgan fingerprint density at radius 3 is 2.58 bits per heavy atom. The molecule has 0 aliphatic rings. The van der Waals surface area contributed by atoms with Crippen LogP contribution < -0.4 is 5.32 Å². The lowest BCUT2D eigenvalue weighted by atomic mass is 9.99. The minimum Gasteiger partial charge on any atom is -0.395 e. The first-order chi connectivity index (χ1) is 8.99. The summed E-state index contributed by atoms with van der Waals surface area (Å²) in [5.74, 6) is 0.303. The molecule has 0 aliphatic heterocycles. The number of nitrogens with zero attached hydrogens (tertiary/aromatic N) is 1. The van der Waals surface area contributed by atoms with Crippen molar-refractivity contribution in [1.29, 1.82) is 0 Å². The third-order valence-electron chi connectivity index (χ3n) is 3.31. The van der Waals surface area contributed by atoms with Gasteiger partial charge in [-0.25, -0.2) is 0 Å². The molecule has 0 bridgehead atoms. The van der Waals surface area contributed by atoms with Gasteiger partial charge < -0.3 is 10.4 Å². The lowest BCUT2D eigenvalue weighted by Gasteiger charge is -2.26. The van der Waals surface area contributed by atoms with Crippen LogP contribution in [0.25, 0.3) is 0 Å². The van der Waals surface area contributed by atoms with Gasteiger partial charge in [-0.05, 0) is 17.9 Å². The summed E-state index contributed by atoms with van der Waals surface area (Å²) in [6, 6.07) is 6.66. The highest BCUT2D eigenvalue weighted by Gasteiger charge is 2.19. The lowest BCUT2D eigenvalue weighted by molar-refractivity contribution is -0.384. The van der Waals surface area contributed by atoms with E-state index in [9.17, 15) is 15.2 Å². The molecule has 106 valence electrons. The second kappa shape index (κ2) is 7.21. The summed E-state index contributed by atoms with van der Waals surface area (Å²) in [5.41, 5.74) is 0.985. The van der Waals surface area contributed by atoms with E-state index in [-0.39, 0.29) is 29.3 Å². The minimum atomic E-state index is -0.387. The summed E-state index contributed by atoms with van der Waals surface area (Å²) in [4.78, 5) is 10.4. The fourth-order valence-corrected chi connectivity index (χ4v) is 2.02. The van der Waals surface area contributed by atoms with Crippen molar-refractivity contribution in [3.05, 3.63) is 39.9 Å². The maximum absolute atomic E-state index is 10.8. The van der Waals surface area contributed by atoms with Crippen LogP contribution >= 0.6 is 0 Å². The molecule has 0 saturated heterocycles. The zero-order chi connectivity index (χ0) is 14.4. The van der Waals surface area contributed by atoms with E-state index in [1.54, 1.807) is 12.1 Å². The lowest BCUT2D eigenvalue weighted by Crippen LogP contribution is -2.39. The summed E-state index contributed by atoms with van der Waals surface area (Å²) < 4.78 is 0. The van der Waals surface area contributed by atoms with Crippen LogP contribution in [-0.2, 0) is 0 Å². The molecular weight excluding hydrogens is 244 g/mol. The number of nitro benzene ring substituents is 1. The first-order valence-electron chi connectivity index (χ1n) is 6.60.